The van der Waals surface area contributed by atoms with E-state index in [1.54, 1.807) is 0 Å². The van der Waals surface area contributed by atoms with E-state index in [2.05, 4.69) is 144 Å². The molecular formula is C40H23NS2. The molecule has 0 spiro atoms. The lowest BCUT2D eigenvalue weighted by Gasteiger charge is -2.10. The Kier molecular flexibility index (Phi) is 4.81. The number of fused-ring (bicyclic) bond motifs is 12. The molecule has 10 rings (SSSR count). The standard InChI is InChI=1S/C40H23NS2/c1-4-13-34-33(10-1)38-29-20-21-31-28-9-3-6-15-37(28)43-40(31)32(29)22-23-35(38)41(34)25-18-16-24(17-19-25)26-11-7-12-30-27-8-2-5-14-36(27)42-39(26)30/h1-23H. The Bertz CT molecular complexity index is 2720. The molecule has 1 nitrogen and oxygen atoms in total. The summed E-state index contributed by atoms with van der Waals surface area (Å²) in [7, 11) is 0. The molecule has 3 aromatic heterocycles. The molecule has 3 heterocycles. The summed E-state index contributed by atoms with van der Waals surface area (Å²) in [6.07, 6.45) is 0. The van der Waals surface area contributed by atoms with E-state index in [4.69, 9.17) is 0 Å². The van der Waals surface area contributed by atoms with E-state index in [1.807, 2.05) is 22.7 Å². The molecule has 0 bridgehead atoms. The molecule has 0 N–H and O–H groups in total. The summed E-state index contributed by atoms with van der Waals surface area (Å²) in [5.41, 5.74) is 6.21. The Hall–Kier alpha value is -4.96. The average Bonchev–Trinajstić information content (AvgIpc) is 3.74. The van der Waals surface area contributed by atoms with Gasteiger partial charge in [0, 0.05) is 62.2 Å². The second kappa shape index (κ2) is 8.78. The molecule has 0 aliphatic rings. The van der Waals surface area contributed by atoms with Gasteiger partial charge in [0.2, 0.25) is 0 Å². The second-order valence-corrected chi connectivity index (χ2v) is 13.4. The van der Waals surface area contributed by atoms with Gasteiger partial charge in [0.25, 0.3) is 0 Å². The first kappa shape index (κ1) is 23.6. The van der Waals surface area contributed by atoms with Gasteiger partial charge in [0.15, 0.2) is 0 Å². The first-order valence-corrected chi connectivity index (χ1v) is 16.2. The average molecular weight is 582 g/mol. The minimum Gasteiger partial charge on any atom is -0.309 e. The van der Waals surface area contributed by atoms with E-state index in [0.29, 0.717) is 0 Å². The minimum absolute atomic E-state index is 1.18. The highest BCUT2D eigenvalue weighted by atomic mass is 32.1. The Labute approximate surface area is 255 Å². The zero-order valence-corrected chi connectivity index (χ0v) is 24.7. The largest absolute Gasteiger partial charge is 0.309 e. The third-order valence-electron chi connectivity index (χ3n) is 9.01. The molecule has 0 radical (unpaired) electrons. The van der Waals surface area contributed by atoms with Gasteiger partial charge in [0.1, 0.15) is 0 Å². The van der Waals surface area contributed by atoms with Crippen molar-refractivity contribution in [1.29, 1.82) is 0 Å². The first-order valence-electron chi connectivity index (χ1n) is 14.6. The number of thiophene rings is 2. The van der Waals surface area contributed by atoms with E-state index >= 15 is 0 Å². The van der Waals surface area contributed by atoms with Crippen LogP contribution in [0.5, 0.6) is 0 Å². The molecule has 3 heteroatoms. The van der Waals surface area contributed by atoms with Gasteiger partial charge in [-0.25, -0.2) is 0 Å². The van der Waals surface area contributed by atoms with Crippen molar-refractivity contribution < 1.29 is 0 Å². The quantitative estimate of drug-likeness (QED) is 0.191. The van der Waals surface area contributed by atoms with Gasteiger partial charge in [-0.15, -0.1) is 22.7 Å². The summed E-state index contributed by atoms with van der Waals surface area (Å²) in [5, 5.41) is 10.6. The van der Waals surface area contributed by atoms with Crippen LogP contribution in [-0.4, -0.2) is 4.57 Å². The molecule has 0 atom stereocenters. The van der Waals surface area contributed by atoms with Gasteiger partial charge in [0.05, 0.1) is 11.0 Å². The van der Waals surface area contributed by atoms with Crippen LogP contribution >= 0.6 is 22.7 Å². The van der Waals surface area contributed by atoms with E-state index in [1.165, 1.54) is 89.7 Å². The number of hydrogen-bond donors (Lipinski definition) is 0. The molecule has 10 aromatic rings. The van der Waals surface area contributed by atoms with Crippen LogP contribution in [0, 0.1) is 0 Å². The van der Waals surface area contributed by atoms with Gasteiger partial charge in [-0.3, -0.25) is 0 Å². The van der Waals surface area contributed by atoms with Crippen LogP contribution in [-0.2, 0) is 0 Å². The lowest BCUT2D eigenvalue weighted by atomic mass is 10.0. The highest BCUT2D eigenvalue weighted by molar-refractivity contribution is 7.27. The zero-order valence-electron chi connectivity index (χ0n) is 23.0. The smallest absolute Gasteiger partial charge is 0.0547 e. The van der Waals surface area contributed by atoms with Crippen molar-refractivity contribution in [3.8, 4) is 16.8 Å². The maximum atomic E-state index is 2.43. The summed E-state index contributed by atoms with van der Waals surface area (Å²) in [6, 6.07) is 51.5. The molecule has 0 saturated carbocycles. The number of benzene rings is 7. The van der Waals surface area contributed by atoms with Crippen LogP contribution in [0.4, 0.5) is 0 Å². The highest BCUT2D eigenvalue weighted by Gasteiger charge is 2.17. The van der Waals surface area contributed by atoms with Crippen molar-refractivity contribution in [2.75, 3.05) is 0 Å². The summed E-state index contributed by atoms with van der Waals surface area (Å²) in [6.45, 7) is 0. The Balaban J connectivity index is 1.19. The van der Waals surface area contributed by atoms with Gasteiger partial charge in [-0.1, -0.05) is 103 Å². The normalized spacial score (nSPS) is 12.2. The predicted molar refractivity (Wildman–Crippen MR) is 190 cm³/mol. The molecule has 0 unspecified atom stereocenters. The molecule has 0 aliphatic heterocycles. The fourth-order valence-electron chi connectivity index (χ4n) is 7.10. The minimum atomic E-state index is 1.18. The lowest BCUT2D eigenvalue weighted by molar-refractivity contribution is 1.18. The molecule has 43 heavy (non-hydrogen) atoms. The van der Waals surface area contributed by atoms with Crippen molar-refractivity contribution in [3.63, 3.8) is 0 Å². The van der Waals surface area contributed by atoms with E-state index in [0.717, 1.165) is 0 Å². The summed E-state index contributed by atoms with van der Waals surface area (Å²) >= 11 is 3.79. The van der Waals surface area contributed by atoms with Gasteiger partial charge in [-0.05, 0) is 52.9 Å². The van der Waals surface area contributed by atoms with Gasteiger partial charge in [-0.2, -0.15) is 0 Å². The number of hydrogen-bond acceptors (Lipinski definition) is 2. The molecule has 0 aliphatic carbocycles. The van der Waals surface area contributed by atoms with Crippen LogP contribution in [0.2, 0.25) is 0 Å². The Morgan fingerprint density at radius 1 is 0.372 bits per heavy atom. The topological polar surface area (TPSA) is 4.93 Å². The number of nitrogens with zero attached hydrogens (tertiary/aromatic N) is 1. The summed E-state index contributed by atoms with van der Waals surface area (Å²) in [5.74, 6) is 0. The van der Waals surface area contributed by atoms with Crippen molar-refractivity contribution in [3.05, 3.63) is 140 Å². The summed E-state index contributed by atoms with van der Waals surface area (Å²) < 4.78 is 7.85. The van der Waals surface area contributed by atoms with Gasteiger partial charge < -0.3 is 4.57 Å². The lowest BCUT2D eigenvalue weighted by Crippen LogP contribution is -1.93. The Morgan fingerprint density at radius 2 is 0.953 bits per heavy atom. The van der Waals surface area contributed by atoms with E-state index < -0.39 is 0 Å². The van der Waals surface area contributed by atoms with E-state index in [9.17, 15) is 0 Å². The van der Waals surface area contributed by atoms with Crippen LogP contribution in [0.25, 0.3) is 89.7 Å². The van der Waals surface area contributed by atoms with Crippen LogP contribution in [0.1, 0.15) is 0 Å². The highest BCUT2D eigenvalue weighted by Crippen LogP contribution is 2.44. The number of rotatable bonds is 2. The fraction of sp³-hybridized carbons (Fsp3) is 0. The van der Waals surface area contributed by atoms with Crippen molar-refractivity contribution in [2.24, 2.45) is 0 Å². The molecule has 0 fully saturated rings. The van der Waals surface area contributed by atoms with Gasteiger partial charge >= 0.3 is 0 Å². The predicted octanol–water partition coefficient (Wildman–Crippen LogP) is 12.3. The van der Waals surface area contributed by atoms with Crippen LogP contribution in [0.3, 0.4) is 0 Å². The molecular weight excluding hydrogens is 559 g/mol. The Morgan fingerprint density at radius 3 is 1.74 bits per heavy atom. The molecule has 200 valence electrons. The first-order chi connectivity index (χ1) is 21.3. The number of para-hydroxylation sites is 1. The second-order valence-electron chi connectivity index (χ2n) is 11.3. The third kappa shape index (κ3) is 3.26. The van der Waals surface area contributed by atoms with Crippen LogP contribution in [0.15, 0.2) is 140 Å². The molecule has 7 aromatic carbocycles. The molecule has 0 saturated heterocycles. The zero-order chi connectivity index (χ0) is 28.1. The van der Waals surface area contributed by atoms with Crippen molar-refractivity contribution in [1.82, 2.24) is 4.57 Å². The van der Waals surface area contributed by atoms with E-state index in [-0.39, 0.29) is 0 Å². The third-order valence-corrected chi connectivity index (χ3v) is 11.5. The maximum absolute atomic E-state index is 2.43. The maximum Gasteiger partial charge on any atom is 0.0547 e. The molecule has 0 amide bonds. The summed E-state index contributed by atoms with van der Waals surface area (Å²) in [4.78, 5) is 0. The van der Waals surface area contributed by atoms with Crippen molar-refractivity contribution >= 4 is 95.6 Å². The van der Waals surface area contributed by atoms with Crippen LogP contribution < -0.4 is 0 Å². The SMILES string of the molecule is c1ccc2c(c1)sc1c(-c3ccc(-n4c5ccccc5c5c6ccc7c8ccccc8sc7c6ccc54)cc3)cccc12. The monoisotopic (exact) mass is 581 g/mol. The van der Waals surface area contributed by atoms with Crippen molar-refractivity contribution in [2.45, 2.75) is 0 Å². The fourth-order valence-corrected chi connectivity index (χ4v) is 9.57. The number of aromatic nitrogens is 1.